The second-order valence-corrected chi connectivity index (χ2v) is 8.51. The third-order valence-corrected chi connectivity index (χ3v) is 5.85. The molecule has 0 unspecified atom stereocenters. The number of anilines is 2. The molecule has 0 aliphatic heterocycles. The van der Waals surface area contributed by atoms with Gasteiger partial charge in [-0.3, -0.25) is 18.7 Å². The first-order chi connectivity index (χ1) is 17.8. The number of fused-ring (bicyclic) bond motifs is 1. The minimum Gasteiger partial charge on any atom is -0.383 e. The highest BCUT2D eigenvalue weighted by Crippen LogP contribution is 2.18. The van der Waals surface area contributed by atoms with E-state index in [1.807, 2.05) is 12.1 Å². The molecule has 37 heavy (non-hydrogen) atoms. The number of Topliss-reactive ketones (excluding diaryl/α,β-unsaturated/α-hetero) is 1. The Morgan fingerprint density at radius 3 is 2.30 bits per heavy atom. The maximum Gasteiger partial charge on any atom is 0.331 e. The summed E-state index contributed by atoms with van der Waals surface area (Å²) in [7, 11) is 7.27. The van der Waals surface area contributed by atoms with Gasteiger partial charge in [0.15, 0.2) is 5.78 Å². The zero-order valence-corrected chi connectivity index (χ0v) is 20.5. The summed E-state index contributed by atoms with van der Waals surface area (Å²) >= 11 is 0. The van der Waals surface area contributed by atoms with Crippen molar-refractivity contribution in [2.75, 3.05) is 24.4 Å². The van der Waals surface area contributed by atoms with E-state index in [-0.39, 0.29) is 30.9 Å². The predicted molar refractivity (Wildman–Crippen MR) is 144 cm³/mol. The minimum atomic E-state index is -0.546. The lowest BCUT2D eigenvalue weighted by Gasteiger charge is -2.15. The number of carbonyl (C=O) groups excluding carboxylic acids is 2. The quantitative estimate of drug-likeness (QED) is 0.288. The van der Waals surface area contributed by atoms with Crippen molar-refractivity contribution in [1.29, 1.82) is 0 Å². The maximum absolute atomic E-state index is 13.3. The number of carbonyl (C=O) groups is 2. The monoisotopic (exact) mass is 496 g/mol. The van der Waals surface area contributed by atoms with Gasteiger partial charge in [0.2, 0.25) is 0 Å². The first kappa shape index (κ1) is 25.7. The van der Waals surface area contributed by atoms with Crippen LogP contribution in [-0.4, -0.2) is 42.5 Å². The molecule has 0 saturated heterocycles. The predicted octanol–water partition coefficient (Wildman–Crippen LogP) is 2.50. The summed E-state index contributed by atoms with van der Waals surface area (Å²) in [5.41, 5.74) is 2.21. The SMILES string of the molecule is [B]c1ccc(Cn2c(=O)n(CCOC)c(=O)c3cc(NC(=O)Nc4cccc(C(C)=O)c4)ccc32)cc1. The fraction of sp³-hybridized carbons (Fsp3) is 0.185. The minimum absolute atomic E-state index is 0.0798. The Morgan fingerprint density at radius 1 is 0.919 bits per heavy atom. The zero-order valence-electron chi connectivity index (χ0n) is 20.5. The van der Waals surface area contributed by atoms with Crippen molar-refractivity contribution in [3.05, 3.63) is 98.7 Å². The number of rotatable bonds is 8. The molecule has 0 spiro atoms. The number of ether oxygens (including phenoxy) is 1. The van der Waals surface area contributed by atoms with E-state index in [1.165, 1.54) is 24.7 Å². The highest BCUT2D eigenvalue weighted by atomic mass is 16.5. The summed E-state index contributed by atoms with van der Waals surface area (Å²) in [6.45, 7) is 1.93. The molecule has 0 fully saturated rings. The van der Waals surface area contributed by atoms with Crippen molar-refractivity contribution in [3.63, 3.8) is 0 Å². The van der Waals surface area contributed by atoms with Crippen LogP contribution < -0.4 is 27.3 Å². The number of hydrogen-bond acceptors (Lipinski definition) is 5. The van der Waals surface area contributed by atoms with Gasteiger partial charge in [0.05, 0.1) is 30.6 Å². The van der Waals surface area contributed by atoms with Gasteiger partial charge in [0.25, 0.3) is 5.56 Å². The molecule has 9 nitrogen and oxygen atoms in total. The Kier molecular flexibility index (Phi) is 7.69. The molecule has 0 aliphatic carbocycles. The second kappa shape index (κ2) is 11.1. The van der Waals surface area contributed by atoms with Crippen LogP contribution in [0, 0.1) is 0 Å². The van der Waals surface area contributed by atoms with E-state index < -0.39 is 17.3 Å². The van der Waals surface area contributed by atoms with Crippen LogP contribution in [-0.2, 0) is 17.8 Å². The van der Waals surface area contributed by atoms with Crippen molar-refractivity contribution < 1.29 is 14.3 Å². The number of benzene rings is 3. The van der Waals surface area contributed by atoms with E-state index in [0.717, 1.165) is 10.1 Å². The van der Waals surface area contributed by atoms with Crippen LogP contribution in [0.5, 0.6) is 0 Å². The zero-order chi connectivity index (χ0) is 26.5. The number of nitrogens with one attached hydrogen (secondary N) is 2. The van der Waals surface area contributed by atoms with Crippen LogP contribution in [0.3, 0.4) is 0 Å². The normalized spacial score (nSPS) is 10.9. The van der Waals surface area contributed by atoms with Gasteiger partial charge in [-0.1, -0.05) is 41.9 Å². The van der Waals surface area contributed by atoms with Crippen LogP contribution in [0.25, 0.3) is 10.9 Å². The Labute approximate surface area is 214 Å². The number of ketones is 1. The third-order valence-electron chi connectivity index (χ3n) is 5.85. The molecule has 4 rings (SSSR count). The van der Waals surface area contributed by atoms with Crippen molar-refractivity contribution in [3.8, 4) is 0 Å². The molecular formula is C27H25BN4O5. The van der Waals surface area contributed by atoms with E-state index in [2.05, 4.69) is 10.6 Å². The fourth-order valence-electron chi connectivity index (χ4n) is 3.95. The van der Waals surface area contributed by atoms with Crippen LogP contribution >= 0.6 is 0 Å². The highest BCUT2D eigenvalue weighted by molar-refractivity contribution is 6.32. The summed E-state index contributed by atoms with van der Waals surface area (Å²) < 4.78 is 7.72. The molecule has 2 radical (unpaired) electrons. The summed E-state index contributed by atoms with van der Waals surface area (Å²) in [5, 5.41) is 5.65. The van der Waals surface area contributed by atoms with Gasteiger partial charge in [0, 0.05) is 24.0 Å². The smallest absolute Gasteiger partial charge is 0.331 e. The lowest BCUT2D eigenvalue weighted by molar-refractivity contribution is 0.101. The van der Waals surface area contributed by atoms with E-state index in [4.69, 9.17) is 12.6 Å². The van der Waals surface area contributed by atoms with E-state index >= 15 is 0 Å². The van der Waals surface area contributed by atoms with Crippen LogP contribution in [0.1, 0.15) is 22.8 Å². The number of urea groups is 1. The largest absolute Gasteiger partial charge is 0.383 e. The average molecular weight is 496 g/mol. The molecule has 2 N–H and O–H groups in total. The molecule has 4 aromatic rings. The topological polar surface area (TPSA) is 111 Å². The number of methoxy groups -OCH3 is 1. The summed E-state index contributed by atoms with van der Waals surface area (Å²) in [6.07, 6.45) is 0. The summed E-state index contributed by atoms with van der Waals surface area (Å²) in [4.78, 5) is 50.7. The van der Waals surface area contributed by atoms with Crippen molar-refractivity contribution in [2.24, 2.45) is 0 Å². The maximum atomic E-state index is 13.3. The molecular weight excluding hydrogens is 471 g/mol. The molecule has 0 saturated carbocycles. The lowest BCUT2D eigenvalue weighted by atomic mass is 9.95. The van der Waals surface area contributed by atoms with Gasteiger partial charge in [-0.15, -0.1) is 0 Å². The fourth-order valence-corrected chi connectivity index (χ4v) is 3.95. The Bertz CT molecular complexity index is 1590. The van der Waals surface area contributed by atoms with Gasteiger partial charge in [-0.05, 0) is 42.8 Å². The molecule has 1 heterocycles. The first-order valence-corrected chi connectivity index (χ1v) is 11.6. The second-order valence-electron chi connectivity index (χ2n) is 8.51. The molecule has 0 atom stereocenters. The van der Waals surface area contributed by atoms with Gasteiger partial charge in [-0.2, -0.15) is 0 Å². The molecule has 2 amide bonds. The van der Waals surface area contributed by atoms with Crippen LogP contribution in [0.2, 0.25) is 0 Å². The molecule has 0 aliphatic rings. The van der Waals surface area contributed by atoms with E-state index in [9.17, 15) is 19.2 Å². The number of amides is 2. The molecule has 10 heteroatoms. The number of aromatic nitrogens is 2. The van der Waals surface area contributed by atoms with Crippen molar-refractivity contribution in [1.82, 2.24) is 9.13 Å². The van der Waals surface area contributed by atoms with Gasteiger partial charge in [-0.25, -0.2) is 9.59 Å². The average Bonchev–Trinajstić information content (AvgIpc) is 2.88. The summed E-state index contributed by atoms with van der Waals surface area (Å²) in [5.74, 6) is -0.117. The van der Waals surface area contributed by atoms with Gasteiger partial charge >= 0.3 is 11.7 Å². The van der Waals surface area contributed by atoms with E-state index in [0.29, 0.717) is 27.9 Å². The molecule has 0 bridgehead atoms. The molecule has 186 valence electrons. The Hall–Kier alpha value is -4.44. The van der Waals surface area contributed by atoms with E-state index in [1.54, 1.807) is 48.5 Å². The Balaban J connectivity index is 1.69. The van der Waals surface area contributed by atoms with Gasteiger partial charge < -0.3 is 15.4 Å². The van der Waals surface area contributed by atoms with Crippen LogP contribution in [0.4, 0.5) is 16.2 Å². The standard InChI is InChI=1S/C27H25BN4O5/c1-17(33)19-4-3-5-21(14-19)29-26(35)30-22-10-11-24-23(15-22)25(34)31(12-13-37-2)27(36)32(24)16-18-6-8-20(28)9-7-18/h3-11,14-15H,12-13,16H2,1-2H3,(H2,29,30,35). The van der Waals surface area contributed by atoms with Crippen molar-refractivity contribution >= 4 is 47.4 Å². The molecule has 1 aromatic heterocycles. The first-order valence-electron chi connectivity index (χ1n) is 11.6. The highest BCUT2D eigenvalue weighted by Gasteiger charge is 2.15. The Morgan fingerprint density at radius 2 is 1.62 bits per heavy atom. The molecule has 3 aromatic carbocycles. The van der Waals surface area contributed by atoms with Gasteiger partial charge in [0.1, 0.15) is 7.85 Å². The third kappa shape index (κ3) is 5.87. The van der Waals surface area contributed by atoms with Crippen LogP contribution in [0.15, 0.2) is 76.3 Å². The summed E-state index contributed by atoms with van der Waals surface area (Å²) in [6, 6.07) is 17.9. The van der Waals surface area contributed by atoms with Crippen molar-refractivity contribution in [2.45, 2.75) is 20.0 Å². The lowest BCUT2D eigenvalue weighted by Crippen LogP contribution is -2.41. The number of nitrogens with zero attached hydrogens (tertiary/aromatic N) is 2. The number of hydrogen-bond donors (Lipinski definition) is 2.